The van der Waals surface area contributed by atoms with Gasteiger partial charge in [0, 0.05) is 48.7 Å². The maximum Gasteiger partial charge on any atom is 0.307 e. The first-order valence-electron chi connectivity index (χ1n) is 14.3. The fraction of sp³-hybridized carbons (Fsp3) is 0.424. The van der Waals surface area contributed by atoms with Gasteiger partial charge < -0.3 is 14.9 Å². The third-order valence-corrected chi connectivity index (χ3v) is 9.81. The van der Waals surface area contributed by atoms with Gasteiger partial charge >= 0.3 is 5.97 Å². The van der Waals surface area contributed by atoms with Crippen LogP contribution in [0.3, 0.4) is 0 Å². The van der Waals surface area contributed by atoms with E-state index in [0.717, 1.165) is 89.9 Å². The van der Waals surface area contributed by atoms with Crippen molar-refractivity contribution in [3.63, 3.8) is 0 Å². The minimum absolute atomic E-state index is 0.0110. The van der Waals surface area contributed by atoms with Crippen LogP contribution in [0.15, 0.2) is 36.4 Å². The van der Waals surface area contributed by atoms with Gasteiger partial charge in [0.2, 0.25) is 0 Å². The Morgan fingerprint density at radius 2 is 1.73 bits per heavy atom. The number of fused-ring (bicyclic) bond motifs is 2. The van der Waals surface area contributed by atoms with Crippen LogP contribution in [0.5, 0.6) is 0 Å². The Morgan fingerprint density at radius 3 is 2.48 bits per heavy atom. The number of carboxylic acids is 1. The number of carboxylic acid groups (broad SMARTS) is 1. The second-order valence-electron chi connectivity index (χ2n) is 12.3. The Morgan fingerprint density at radius 1 is 0.950 bits per heavy atom. The number of aryl methyl sites for hydroxylation is 3. The molecule has 1 N–H and O–H groups in total. The van der Waals surface area contributed by atoms with E-state index in [-0.39, 0.29) is 6.42 Å². The molecular formula is C33H38N4O2S. The zero-order chi connectivity index (χ0) is 28.2. The van der Waals surface area contributed by atoms with Gasteiger partial charge in [-0.2, -0.15) is 0 Å². The Labute approximate surface area is 240 Å². The van der Waals surface area contributed by atoms with Crippen LogP contribution in [0.2, 0.25) is 0 Å². The molecule has 7 heteroatoms. The fourth-order valence-electron chi connectivity index (χ4n) is 6.29. The van der Waals surface area contributed by atoms with E-state index in [4.69, 9.17) is 9.97 Å². The second kappa shape index (κ2) is 10.2. The quantitative estimate of drug-likeness (QED) is 0.284. The molecule has 0 aliphatic carbocycles. The number of pyridine rings is 1. The van der Waals surface area contributed by atoms with Gasteiger partial charge in [0.25, 0.3) is 0 Å². The molecule has 2 aliphatic heterocycles. The minimum Gasteiger partial charge on any atom is -0.481 e. The molecule has 4 heterocycles. The number of hydrogen-bond acceptors (Lipinski definition) is 6. The first-order valence-corrected chi connectivity index (χ1v) is 15.1. The average Bonchev–Trinajstić information content (AvgIpc) is 3.33. The van der Waals surface area contributed by atoms with Gasteiger partial charge in [0.15, 0.2) is 5.13 Å². The van der Waals surface area contributed by atoms with E-state index in [0.29, 0.717) is 5.41 Å². The van der Waals surface area contributed by atoms with Crippen LogP contribution < -0.4 is 9.80 Å². The summed E-state index contributed by atoms with van der Waals surface area (Å²) in [6, 6.07) is 13.3. The summed E-state index contributed by atoms with van der Waals surface area (Å²) in [5.74, 6) is -0.811. The highest BCUT2D eigenvalue weighted by Crippen LogP contribution is 2.42. The molecule has 0 unspecified atom stereocenters. The fourth-order valence-corrected chi connectivity index (χ4v) is 7.38. The SMILES string of the molecule is Cc1ccc2nc(N3CCc4cc(-c5c(C)nc(C)c(CC(=O)O)c5N5CCC(C)(C)CC5)ccc4C3)sc2c1. The molecule has 1 saturated heterocycles. The molecule has 2 aromatic heterocycles. The van der Waals surface area contributed by atoms with Crippen LogP contribution in [0.4, 0.5) is 10.8 Å². The summed E-state index contributed by atoms with van der Waals surface area (Å²) in [5.41, 5.74) is 11.3. The van der Waals surface area contributed by atoms with E-state index in [9.17, 15) is 9.90 Å². The van der Waals surface area contributed by atoms with Gasteiger partial charge in [-0.05, 0) is 79.8 Å². The van der Waals surface area contributed by atoms with Crippen LogP contribution in [-0.2, 0) is 24.2 Å². The summed E-state index contributed by atoms with van der Waals surface area (Å²) in [6.45, 7) is 14.4. The van der Waals surface area contributed by atoms with Crippen LogP contribution in [-0.4, -0.2) is 40.7 Å². The second-order valence-corrected chi connectivity index (χ2v) is 13.3. The van der Waals surface area contributed by atoms with E-state index < -0.39 is 5.97 Å². The van der Waals surface area contributed by atoms with Crippen molar-refractivity contribution in [3.8, 4) is 11.1 Å². The van der Waals surface area contributed by atoms with Crippen LogP contribution >= 0.6 is 11.3 Å². The first kappa shape index (κ1) is 26.8. The molecular weight excluding hydrogens is 516 g/mol. The van der Waals surface area contributed by atoms with E-state index in [2.05, 4.69) is 73.9 Å². The lowest BCUT2D eigenvalue weighted by molar-refractivity contribution is -0.136. The summed E-state index contributed by atoms with van der Waals surface area (Å²) < 4.78 is 1.24. The van der Waals surface area contributed by atoms with Gasteiger partial charge in [-0.25, -0.2) is 4.98 Å². The highest BCUT2D eigenvalue weighted by Gasteiger charge is 2.30. The topological polar surface area (TPSA) is 69.6 Å². The molecule has 4 aromatic rings. The zero-order valence-corrected chi connectivity index (χ0v) is 25.0. The van der Waals surface area contributed by atoms with Gasteiger partial charge in [-0.1, -0.05) is 49.4 Å². The number of rotatable bonds is 5. The van der Waals surface area contributed by atoms with Crippen molar-refractivity contribution in [1.82, 2.24) is 9.97 Å². The van der Waals surface area contributed by atoms with E-state index >= 15 is 0 Å². The molecule has 208 valence electrons. The standard InChI is InChI=1S/C33H38N4O2S/c1-20-6-9-27-28(16-20)40-32(35-27)37-13-10-23-17-24(7-8-25(23)19-37)30-22(3)34-21(2)26(18-29(38)39)31(30)36-14-11-33(4,5)12-15-36/h6-9,16-17H,10-15,18-19H2,1-5H3,(H,38,39). The Kier molecular flexibility index (Phi) is 6.81. The molecule has 1 fully saturated rings. The molecule has 6 rings (SSSR count). The van der Waals surface area contributed by atoms with E-state index in [1.807, 2.05) is 6.92 Å². The van der Waals surface area contributed by atoms with Crippen molar-refractivity contribution in [2.24, 2.45) is 5.41 Å². The third kappa shape index (κ3) is 5.07. The van der Waals surface area contributed by atoms with Crippen molar-refractivity contribution in [2.45, 2.75) is 66.8 Å². The lowest BCUT2D eigenvalue weighted by Gasteiger charge is -2.40. The highest BCUT2D eigenvalue weighted by atomic mass is 32.1. The summed E-state index contributed by atoms with van der Waals surface area (Å²) in [5, 5.41) is 10.9. The predicted octanol–water partition coefficient (Wildman–Crippen LogP) is 7.10. The average molecular weight is 555 g/mol. The molecule has 40 heavy (non-hydrogen) atoms. The van der Waals surface area contributed by atoms with Crippen molar-refractivity contribution in [1.29, 1.82) is 0 Å². The number of aliphatic carboxylic acids is 1. The zero-order valence-electron chi connectivity index (χ0n) is 24.2. The Bertz CT molecular complexity index is 1610. The van der Waals surface area contributed by atoms with Gasteiger partial charge in [0.1, 0.15) is 0 Å². The van der Waals surface area contributed by atoms with Gasteiger partial charge in [-0.3, -0.25) is 9.78 Å². The monoisotopic (exact) mass is 554 g/mol. The van der Waals surface area contributed by atoms with Crippen molar-refractivity contribution in [3.05, 3.63) is 70.0 Å². The molecule has 0 atom stereocenters. The molecule has 0 amide bonds. The molecule has 0 spiro atoms. The van der Waals surface area contributed by atoms with Gasteiger partial charge in [-0.15, -0.1) is 0 Å². The number of piperidine rings is 1. The van der Waals surface area contributed by atoms with Gasteiger partial charge in [0.05, 0.1) is 22.3 Å². The predicted molar refractivity (Wildman–Crippen MR) is 165 cm³/mol. The van der Waals surface area contributed by atoms with Crippen molar-refractivity contribution < 1.29 is 9.90 Å². The summed E-state index contributed by atoms with van der Waals surface area (Å²) in [7, 11) is 0. The third-order valence-electron chi connectivity index (χ3n) is 8.73. The number of benzene rings is 2. The normalized spacial score (nSPS) is 16.8. The van der Waals surface area contributed by atoms with Crippen molar-refractivity contribution >= 4 is 38.3 Å². The molecule has 0 radical (unpaired) electrons. The van der Waals surface area contributed by atoms with E-state index in [1.54, 1.807) is 11.3 Å². The van der Waals surface area contributed by atoms with E-state index in [1.165, 1.54) is 21.4 Å². The highest BCUT2D eigenvalue weighted by molar-refractivity contribution is 7.22. The number of aromatic nitrogens is 2. The maximum atomic E-state index is 11.9. The van der Waals surface area contributed by atoms with Crippen LogP contribution in [0.25, 0.3) is 21.3 Å². The van der Waals surface area contributed by atoms with Crippen LogP contribution in [0.1, 0.15) is 60.3 Å². The molecule has 0 bridgehead atoms. The number of thiazole rings is 1. The maximum absolute atomic E-state index is 11.9. The largest absolute Gasteiger partial charge is 0.481 e. The lowest BCUT2D eigenvalue weighted by Crippen LogP contribution is -2.38. The van der Waals surface area contributed by atoms with Crippen LogP contribution in [0, 0.1) is 26.2 Å². The summed E-state index contributed by atoms with van der Waals surface area (Å²) >= 11 is 1.77. The molecule has 2 aromatic carbocycles. The minimum atomic E-state index is -0.811. The Balaban J connectivity index is 1.37. The smallest absolute Gasteiger partial charge is 0.307 e. The first-order chi connectivity index (χ1) is 19.1. The summed E-state index contributed by atoms with van der Waals surface area (Å²) in [6.07, 6.45) is 3.12. The number of anilines is 2. The molecule has 2 aliphatic rings. The number of hydrogen-bond donors (Lipinski definition) is 1. The number of nitrogens with zero attached hydrogens (tertiary/aromatic N) is 4. The Hall–Kier alpha value is -3.45. The summed E-state index contributed by atoms with van der Waals surface area (Å²) in [4.78, 5) is 26.6. The lowest BCUT2D eigenvalue weighted by atomic mass is 9.82. The number of carbonyl (C=O) groups is 1. The molecule has 6 nitrogen and oxygen atoms in total. The molecule has 0 saturated carbocycles. The van der Waals surface area contributed by atoms with Crippen molar-refractivity contribution in [2.75, 3.05) is 29.4 Å².